The van der Waals surface area contributed by atoms with Crippen molar-refractivity contribution < 1.29 is 14.3 Å². The van der Waals surface area contributed by atoms with Gasteiger partial charge in [0, 0.05) is 24.7 Å². The lowest BCUT2D eigenvalue weighted by Crippen LogP contribution is -2.36. The molecule has 2 N–H and O–H groups in total. The first-order valence-electron chi connectivity index (χ1n) is 11.0. The van der Waals surface area contributed by atoms with Crippen molar-refractivity contribution in [1.82, 2.24) is 5.43 Å². The van der Waals surface area contributed by atoms with Crippen molar-refractivity contribution in [3.8, 4) is 5.75 Å². The van der Waals surface area contributed by atoms with Gasteiger partial charge < -0.3 is 9.64 Å². The maximum atomic E-state index is 12.7. The molecule has 2 amide bonds. The minimum atomic E-state index is -0.431. The van der Waals surface area contributed by atoms with Gasteiger partial charge in [0.05, 0.1) is 21.7 Å². The Morgan fingerprint density at radius 3 is 2.53 bits per heavy atom. The molecule has 4 rings (SSSR count). The predicted octanol–water partition coefficient (Wildman–Crippen LogP) is 5.63. The molecule has 1 aliphatic rings. The van der Waals surface area contributed by atoms with Gasteiger partial charge in [-0.2, -0.15) is 0 Å². The molecule has 0 saturated carbocycles. The average molecular weight is 498 g/mol. The summed E-state index contributed by atoms with van der Waals surface area (Å²) >= 11 is 12.0. The molecule has 6 nitrogen and oxygen atoms in total. The van der Waals surface area contributed by atoms with Crippen LogP contribution >= 0.6 is 23.2 Å². The van der Waals surface area contributed by atoms with Gasteiger partial charge in [-0.25, -0.2) is 0 Å². The number of carbonyl (C=O) groups is 2. The third-order valence-corrected chi connectivity index (χ3v) is 6.44. The van der Waals surface area contributed by atoms with Gasteiger partial charge in [0.2, 0.25) is 11.8 Å². The van der Waals surface area contributed by atoms with Crippen molar-refractivity contribution in [1.29, 1.82) is 0 Å². The number of ether oxygens (including phenoxy) is 1. The first kappa shape index (κ1) is 23.9. The summed E-state index contributed by atoms with van der Waals surface area (Å²) in [6.45, 7) is 2.76. The van der Waals surface area contributed by atoms with Gasteiger partial charge in [-0.1, -0.05) is 54.4 Å². The highest BCUT2D eigenvalue weighted by atomic mass is 35.5. The lowest BCUT2D eigenvalue weighted by atomic mass is 10.1. The first-order chi connectivity index (χ1) is 16.4. The molecular formula is C26H25Cl2N3O3. The minimum absolute atomic E-state index is 0.0536. The van der Waals surface area contributed by atoms with Crippen LogP contribution in [-0.4, -0.2) is 18.4 Å². The van der Waals surface area contributed by atoms with Crippen molar-refractivity contribution in [2.45, 2.75) is 26.4 Å². The third-order valence-electron chi connectivity index (χ3n) is 5.71. The third kappa shape index (κ3) is 5.82. The maximum Gasteiger partial charge on any atom is 0.243 e. The topological polar surface area (TPSA) is 70.7 Å². The maximum absolute atomic E-state index is 12.7. The quantitative estimate of drug-likeness (QED) is 0.395. The lowest BCUT2D eigenvalue weighted by molar-refractivity contribution is -0.125. The summed E-state index contributed by atoms with van der Waals surface area (Å²) in [4.78, 5) is 26.8. The molecule has 0 spiro atoms. The number of carbonyl (C=O) groups excluding carboxylic acids is 2. The van der Waals surface area contributed by atoms with Crippen molar-refractivity contribution in [2.24, 2.45) is 5.92 Å². The van der Waals surface area contributed by atoms with Crippen molar-refractivity contribution >= 4 is 46.4 Å². The summed E-state index contributed by atoms with van der Waals surface area (Å²) in [5.41, 5.74) is 9.20. The number of hydrogen-bond donors (Lipinski definition) is 2. The fourth-order valence-corrected chi connectivity index (χ4v) is 4.06. The van der Waals surface area contributed by atoms with Crippen LogP contribution in [0.15, 0.2) is 66.7 Å². The molecule has 0 aromatic heterocycles. The second-order valence-electron chi connectivity index (χ2n) is 8.10. The molecule has 0 radical (unpaired) electrons. The van der Waals surface area contributed by atoms with Gasteiger partial charge in [-0.3, -0.25) is 20.4 Å². The fraction of sp³-hybridized carbons (Fsp3) is 0.231. The number of rotatable bonds is 8. The van der Waals surface area contributed by atoms with Gasteiger partial charge in [0.25, 0.3) is 0 Å². The molecule has 1 atom stereocenters. The Morgan fingerprint density at radius 2 is 1.79 bits per heavy atom. The zero-order chi connectivity index (χ0) is 24.1. The molecule has 8 heteroatoms. The van der Waals surface area contributed by atoms with Crippen LogP contribution in [0.2, 0.25) is 10.0 Å². The highest BCUT2D eigenvalue weighted by molar-refractivity contribution is 6.42. The Labute approximate surface area is 208 Å². The van der Waals surface area contributed by atoms with Gasteiger partial charge >= 0.3 is 0 Å². The number of halogens is 2. The number of hydrazine groups is 1. The summed E-state index contributed by atoms with van der Waals surface area (Å²) in [7, 11) is 0. The van der Waals surface area contributed by atoms with Crippen molar-refractivity contribution in [3.63, 3.8) is 0 Å². The molecule has 1 aliphatic heterocycles. The van der Waals surface area contributed by atoms with Crippen molar-refractivity contribution in [3.05, 3.63) is 87.9 Å². The van der Waals surface area contributed by atoms with E-state index in [4.69, 9.17) is 27.9 Å². The van der Waals surface area contributed by atoms with Crippen LogP contribution in [0.5, 0.6) is 5.75 Å². The van der Waals surface area contributed by atoms with E-state index in [1.165, 1.54) is 5.56 Å². The predicted molar refractivity (Wildman–Crippen MR) is 135 cm³/mol. The first-order valence-corrected chi connectivity index (χ1v) is 11.8. The van der Waals surface area contributed by atoms with Crippen LogP contribution in [0, 0.1) is 5.92 Å². The van der Waals surface area contributed by atoms with Gasteiger partial charge in [-0.05, 0) is 53.9 Å². The summed E-state index contributed by atoms with van der Waals surface area (Å²) in [5.74, 6) is -0.0896. The van der Waals surface area contributed by atoms with E-state index in [1.807, 2.05) is 48.5 Å². The fourth-order valence-electron chi connectivity index (χ4n) is 3.74. The molecule has 176 valence electrons. The monoisotopic (exact) mass is 497 g/mol. The van der Waals surface area contributed by atoms with E-state index >= 15 is 0 Å². The molecule has 1 heterocycles. The van der Waals surface area contributed by atoms with Gasteiger partial charge in [0.15, 0.2) is 0 Å². The van der Waals surface area contributed by atoms with Crippen LogP contribution in [0.25, 0.3) is 0 Å². The molecule has 0 unspecified atom stereocenters. The van der Waals surface area contributed by atoms with Crippen LogP contribution in [-0.2, 0) is 22.6 Å². The van der Waals surface area contributed by atoms with E-state index in [1.54, 1.807) is 23.1 Å². The minimum Gasteiger partial charge on any atom is -0.489 e. The number of benzene rings is 3. The summed E-state index contributed by atoms with van der Waals surface area (Å²) in [5, 5.41) is 0.969. The van der Waals surface area contributed by atoms with Crippen LogP contribution in [0.3, 0.4) is 0 Å². The highest BCUT2D eigenvalue weighted by Gasteiger charge is 2.35. The molecule has 0 bridgehead atoms. The van der Waals surface area contributed by atoms with Crippen LogP contribution in [0.4, 0.5) is 11.4 Å². The second-order valence-corrected chi connectivity index (χ2v) is 8.92. The zero-order valence-corrected chi connectivity index (χ0v) is 20.2. The van der Waals surface area contributed by atoms with E-state index in [0.717, 1.165) is 17.7 Å². The van der Waals surface area contributed by atoms with E-state index in [2.05, 4.69) is 17.8 Å². The Hall–Kier alpha value is -3.22. The van der Waals surface area contributed by atoms with E-state index in [-0.39, 0.29) is 18.2 Å². The lowest BCUT2D eigenvalue weighted by Gasteiger charge is -2.17. The Kier molecular flexibility index (Phi) is 7.60. The average Bonchev–Trinajstić information content (AvgIpc) is 3.25. The number of hydrogen-bond acceptors (Lipinski definition) is 4. The van der Waals surface area contributed by atoms with E-state index in [0.29, 0.717) is 34.6 Å². The molecule has 3 aromatic carbocycles. The molecule has 34 heavy (non-hydrogen) atoms. The van der Waals surface area contributed by atoms with E-state index in [9.17, 15) is 9.59 Å². The molecule has 0 aliphatic carbocycles. The largest absolute Gasteiger partial charge is 0.489 e. The molecule has 3 aromatic rings. The number of amides is 2. The van der Waals surface area contributed by atoms with E-state index < -0.39 is 5.92 Å². The summed E-state index contributed by atoms with van der Waals surface area (Å²) in [6.07, 6.45) is 1.11. The van der Waals surface area contributed by atoms with Gasteiger partial charge in [0.1, 0.15) is 12.4 Å². The number of nitrogens with one attached hydrogen (secondary N) is 2. The standard InChI is InChI=1S/C26H25Cl2N3O3/c1-2-17-6-9-21(10-7-17)31-15-19(13-25(31)32)26(33)30-29-20-4-3-5-22(14-20)34-16-18-8-11-23(27)24(28)12-18/h3-12,14,19,29H,2,13,15-16H2,1H3,(H,30,33)/t19-/m0/s1. The Balaban J connectivity index is 1.30. The second kappa shape index (κ2) is 10.8. The number of aryl methyl sites for hydroxylation is 1. The summed E-state index contributed by atoms with van der Waals surface area (Å²) in [6, 6.07) is 20.4. The van der Waals surface area contributed by atoms with Crippen LogP contribution in [0.1, 0.15) is 24.5 Å². The van der Waals surface area contributed by atoms with Gasteiger partial charge in [-0.15, -0.1) is 0 Å². The Morgan fingerprint density at radius 1 is 1.03 bits per heavy atom. The molecular weight excluding hydrogens is 473 g/mol. The SMILES string of the molecule is CCc1ccc(N2C[C@@H](C(=O)NNc3cccc(OCc4ccc(Cl)c(Cl)c4)c3)CC2=O)cc1. The molecule has 1 saturated heterocycles. The number of nitrogens with zero attached hydrogens (tertiary/aromatic N) is 1. The van der Waals surface area contributed by atoms with Crippen molar-refractivity contribution in [2.75, 3.05) is 16.9 Å². The van der Waals surface area contributed by atoms with Crippen LogP contribution < -0.4 is 20.5 Å². The number of anilines is 2. The normalized spacial score (nSPS) is 15.3. The summed E-state index contributed by atoms with van der Waals surface area (Å²) < 4.78 is 5.82. The smallest absolute Gasteiger partial charge is 0.243 e. The highest BCUT2D eigenvalue weighted by Crippen LogP contribution is 2.26. The Bertz CT molecular complexity index is 1180. The molecule has 1 fully saturated rings. The zero-order valence-electron chi connectivity index (χ0n) is 18.7.